The third kappa shape index (κ3) is 4.62. The molecule has 1 aromatic heterocycles. The molecule has 0 aliphatic rings. The van der Waals surface area contributed by atoms with Gasteiger partial charge >= 0.3 is 11.6 Å². The lowest BCUT2D eigenvalue weighted by Gasteiger charge is -2.10. The zero-order chi connectivity index (χ0) is 22.5. The number of carbonyl (C=O) groups excluding carboxylic acids is 1. The molecule has 160 valence electrons. The van der Waals surface area contributed by atoms with Crippen molar-refractivity contribution in [2.75, 3.05) is 7.11 Å². The van der Waals surface area contributed by atoms with Crippen LogP contribution in [0.5, 0.6) is 5.75 Å². The minimum absolute atomic E-state index is 0.180. The van der Waals surface area contributed by atoms with Crippen LogP contribution in [0.3, 0.4) is 0 Å². The Labute approximate surface area is 185 Å². The maximum absolute atomic E-state index is 12.7. The molecule has 0 atom stereocenters. The number of ether oxygens (including phenoxy) is 2. The molecule has 5 nitrogen and oxygen atoms in total. The van der Waals surface area contributed by atoms with E-state index in [2.05, 4.69) is 0 Å². The van der Waals surface area contributed by atoms with Crippen LogP contribution in [-0.2, 0) is 16.1 Å². The van der Waals surface area contributed by atoms with E-state index in [9.17, 15) is 9.59 Å². The number of benzene rings is 3. The van der Waals surface area contributed by atoms with Crippen molar-refractivity contribution in [3.63, 3.8) is 0 Å². The van der Waals surface area contributed by atoms with E-state index in [-0.39, 0.29) is 6.61 Å². The minimum atomic E-state index is -0.485. The normalized spacial score (nSPS) is 11.1. The summed E-state index contributed by atoms with van der Waals surface area (Å²) >= 11 is 0. The van der Waals surface area contributed by atoms with E-state index in [0.717, 1.165) is 11.1 Å². The molecule has 0 amide bonds. The molecule has 0 radical (unpaired) electrons. The van der Waals surface area contributed by atoms with Crippen molar-refractivity contribution in [2.24, 2.45) is 0 Å². The van der Waals surface area contributed by atoms with Gasteiger partial charge in [-0.25, -0.2) is 9.59 Å². The van der Waals surface area contributed by atoms with Gasteiger partial charge in [0, 0.05) is 17.2 Å². The number of esters is 1. The SMILES string of the molecule is COc1ccc(-c2oc(=O)c3cc(C)ccc3c2/C=C/C(=O)OCc2ccccc2)cc1. The fourth-order valence-electron chi connectivity index (χ4n) is 3.44. The highest BCUT2D eigenvalue weighted by Crippen LogP contribution is 2.31. The first-order valence-corrected chi connectivity index (χ1v) is 10.2. The molecule has 3 aromatic carbocycles. The van der Waals surface area contributed by atoms with Crippen LogP contribution in [0.4, 0.5) is 0 Å². The van der Waals surface area contributed by atoms with Gasteiger partial charge in [-0.2, -0.15) is 0 Å². The van der Waals surface area contributed by atoms with E-state index >= 15 is 0 Å². The molecule has 0 saturated heterocycles. The quantitative estimate of drug-likeness (QED) is 0.299. The van der Waals surface area contributed by atoms with Gasteiger partial charge in [-0.05, 0) is 54.3 Å². The zero-order valence-electron chi connectivity index (χ0n) is 17.8. The van der Waals surface area contributed by atoms with Crippen molar-refractivity contribution >= 4 is 22.8 Å². The van der Waals surface area contributed by atoms with Crippen molar-refractivity contribution < 1.29 is 18.7 Å². The summed E-state index contributed by atoms with van der Waals surface area (Å²) in [4.78, 5) is 25.1. The number of hydrogen-bond acceptors (Lipinski definition) is 5. The molecule has 4 aromatic rings. The van der Waals surface area contributed by atoms with Crippen LogP contribution in [0.15, 0.2) is 88.1 Å². The predicted octanol–water partition coefficient (Wildman–Crippen LogP) is 5.53. The number of fused-ring (bicyclic) bond motifs is 1. The lowest BCUT2D eigenvalue weighted by molar-refractivity contribution is -0.138. The highest BCUT2D eigenvalue weighted by atomic mass is 16.5. The van der Waals surface area contributed by atoms with Gasteiger partial charge in [-0.15, -0.1) is 0 Å². The summed E-state index contributed by atoms with van der Waals surface area (Å²) in [6.07, 6.45) is 2.98. The van der Waals surface area contributed by atoms with Crippen molar-refractivity contribution in [1.82, 2.24) is 0 Å². The summed E-state index contributed by atoms with van der Waals surface area (Å²) < 4.78 is 16.3. The van der Waals surface area contributed by atoms with E-state index in [1.807, 2.05) is 61.5 Å². The second-order valence-corrected chi connectivity index (χ2v) is 7.34. The Hall–Kier alpha value is -4.12. The average Bonchev–Trinajstić information content (AvgIpc) is 2.83. The fourth-order valence-corrected chi connectivity index (χ4v) is 3.44. The predicted molar refractivity (Wildman–Crippen MR) is 124 cm³/mol. The van der Waals surface area contributed by atoms with Gasteiger partial charge in [0.1, 0.15) is 18.1 Å². The van der Waals surface area contributed by atoms with E-state index in [1.54, 1.807) is 31.4 Å². The monoisotopic (exact) mass is 426 g/mol. The summed E-state index contributed by atoms with van der Waals surface area (Å²) in [6.45, 7) is 2.09. The Morgan fingerprint density at radius 3 is 2.44 bits per heavy atom. The van der Waals surface area contributed by atoms with Gasteiger partial charge in [0.2, 0.25) is 0 Å². The third-order valence-electron chi connectivity index (χ3n) is 5.09. The smallest absolute Gasteiger partial charge is 0.344 e. The molecular weight excluding hydrogens is 404 g/mol. The van der Waals surface area contributed by atoms with Crippen LogP contribution in [0, 0.1) is 6.92 Å². The van der Waals surface area contributed by atoms with Gasteiger partial charge in [-0.1, -0.05) is 48.0 Å². The highest BCUT2D eigenvalue weighted by Gasteiger charge is 2.15. The number of hydrogen-bond donors (Lipinski definition) is 0. The molecule has 0 fully saturated rings. The molecule has 32 heavy (non-hydrogen) atoms. The van der Waals surface area contributed by atoms with Crippen molar-refractivity contribution in [1.29, 1.82) is 0 Å². The van der Waals surface area contributed by atoms with Crippen molar-refractivity contribution in [3.05, 3.63) is 106 Å². The molecule has 0 unspecified atom stereocenters. The second kappa shape index (κ2) is 9.35. The van der Waals surface area contributed by atoms with Crippen molar-refractivity contribution in [2.45, 2.75) is 13.5 Å². The summed E-state index contributed by atoms with van der Waals surface area (Å²) in [6, 6.07) is 22.2. The minimum Gasteiger partial charge on any atom is -0.497 e. The second-order valence-electron chi connectivity index (χ2n) is 7.34. The first-order valence-electron chi connectivity index (χ1n) is 10.2. The first-order chi connectivity index (χ1) is 15.5. The van der Waals surface area contributed by atoms with Crippen LogP contribution in [0.25, 0.3) is 28.2 Å². The van der Waals surface area contributed by atoms with Gasteiger partial charge in [0.15, 0.2) is 0 Å². The van der Waals surface area contributed by atoms with Crippen LogP contribution >= 0.6 is 0 Å². The third-order valence-corrected chi connectivity index (χ3v) is 5.09. The Morgan fingerprint density at radius 1 is 0.969 bits per heavy atom. The highest BCUT2D eigenvalue weighted by molar-refractivity contribution is 5.98. The summed E-state index contributed by atoms with van der Waals surface area (Å²) in [7, 11) is 1.59. The van der Waals surface area contributed by atoms with E-state index < -0.39 is 11.6 Å². The first kappa shape index (κ1) is 21.1. The van der Waals surface area contributed by atoms with Gasteiger partial charge < -0.3 is 13.9 Å². The molecule has 5 heteroatoms. The maximum Gasteiger partial charge on any atom is 0.344 e. The largest absolute Gasteiger partial charge is 0.497 e. The molecule has 0 saturated carbocycles. The molecule has 1 heterocycles. The zero-order valence-corrected chi connectivity index (χ0v) is 17.8. The molecule has 0 spiro atoms. The standard InChI is InChI=1S/C27H22O5/c1-18-8-13-22-23(14-15-25(28)31-17-19-6-4-3-5-7-19)26(32-27(29)24(22)16-18)20-9-11-21(30-2)12-10-20/h3-16H,17H2,1-2H3/b15-14+. The summed E-state index contributed by atoms with van der Waals surface area (Å²) in [5, 5.41) is 1.16. The Kier molecular flexibility index (Phi) is 6.17. The van der Waals surface area contributed by atoms with Gasteiger partial charge in [0.05, 0.1) is 12.5 Å². The van der Waals surface area contributed by atoms with E-state index in [4.69, 9.17) is 13.9 Å². The number of carbonyl (C=O) groups is 1. The lowest BCUT2D eigenvalue weighted by Crippen LogP contribution is -2.04. The maximum atomic E-state index is 12.7. The lowest BCUT2D eigenvalue weighted by atomic mass is 9.99. The van der Waals surface area contributed by atoms with Crippen LogP contribution in [-0.4, -0.2) is 13.1 Å². The Balaban J connectivity index is 1.73. The number of rotatable bonds is 6. The molecular formula is C27H22O5. The van der Waals surface area contributed by atoms with Gasteiger partial charge in [0.25, 0.3) is 0 Å². The topological polar surface area (TPSA) is 65.7 Å². The van der Waals surface area contributed by atoms with E-state index in [1.165, 1.54) is 6.08 Å². The molecule has 0 aliphatic heterocycles. The average molecular weight is 426 g/mol. The molecule has 0 bridgehead atoms. The fraction of sp³-hybridized carbons (Fsp3) is 0.111. The Morgan fingerprint density at radius 2 is 1.72 bits per heavy atom. The number of aryl methyl sites for hydroxylation is 1. The Bertz CT molecular complexity index is 1330. The summed E-state index contributed by atoms with van der Waals surface area (Å²) in [5.74, 6) is 0.580. The van der Waals surface area contributed by atoms with Crippen LogP contribution < -0.4 is 10.4 Å². The van der Waals surface area contributed by atoms with E-state index in [0.29, 0.717) is 33.4 Å². The molecule has 0 N–H and O–H groups in total. The number of methoxy groups -OCH3 is 1. The summed E-state index contributed by atoms with van der Waals surface area (Å²) in [5.41, 5.74) is 2.74. The van der Waals surface area contributed by atoms with Crippen molar-refractivity contribution in [3.8, 4) is 17.1 Å². The molecule has 0 aliphatic carbocycles. The van der Waals surface area contributed by atoms with Crippen LogP contribution in [0.2, 0.25) is 0 Å². The van der Waals surface area contributed by atoms with Gasteiger partial charge in [-0.3, -0.25) is 0 Å². The van der Waals surface area contributed by atoms with Crippen LogP contribution in [0.1, 0.15) is 16.7 Å². The molecule has 4 rings (SSSR count).